The smallest absolute Gasteiger partial charge is 0.257 e. The van der Waals surface area contributed by atoms with E-state index in [0.717, 1.165) is 23.1 Å². The summed E-state index contributed by atoms with van der Waals surface area (Å²) < 4.78 is 0. The molecule has 3 nitrogen and oxygen atoms in total. The normalized spacial score (nSPS) is 11.7. The van der Waals surface area contributed by atoms with Crippen molar-refractivity contribution in [2.45, 2.75) is 19.3 Å². The first-order valence-corrected chi connectivity index (χ1v) is 7.84. The van der Waals surface area contributed by atoms with Gasteiger partial charge in [-0.15, -0.1) is 11.3 Å². The van der Waals surface area contributed by atoms with Crippen LogP contribution in [0.4, 0.5) is 5.82 Å². The van der Waals surface area contributed by atoms with Crippen molar-refractivity contribution in [1.82, 2.24) is 4.98 Å². The molecule has 0 aliphatic rings. The number of fused-ring (bicyclic) bond motifs is 1. The van der Waals surface area contributed by atoms with E-state index in [1.165, 1.54) is 4.88 Å². The van der Waals surface area contributed by atoms with Crippen LogP contribution in [0.2, 0.25) is 0 Å². The molecule has 2 heterocycles. The molecule has 1 aromatic carbocycles. The van der Waals surface area contributed by atoms with E-state index in [1.807, 2.05) is 30.3 Å². The fourth-order valence-electron chi connectivity index (χ4n) is 2.37. The van der Waals surface area contributed by atoms with Gasteiger partial charge in [0.25, 0.3) is 5.56 Å². The Kier molecular flexibility index (Phi) is 3.55. The number of rotatable bonds is 4. The number of aromatic nitrogens is 1. The lowest BCUT2D eigenvalue weighted by Crippen LogP contribution is -2.27. The van der Waals surface area contributed by atoms with Gasteiger partial charge in [-0.05, 0) is 29.0 Å². The van der Waals surface area contributed by atoms with Crippen LogP contribution in [0.1, 0.15) is 18.7 Å². The van der Waals surface area contributed by atoms with Crippen LogP contribution >= 0.6 is 11.3 Å². The molecule has 0 atom stereocenters. The number of hydrogen-bond donors (Lipinski definition) is 2. The largest absolute Gasteiger partial charge is 0.371 e. The van der Waals surface area contributed by atoms with Gasteiger partial charge in [-0.3, -0.25) is 4.79 Å². The molecule has 2 N–H and O–H groups in total. The van der Waals surface area contributed by atoms with Gasteiger partial charge in [-0.2, -0.15) is 0 Å². The maximum absolute atomic E-state index is 12.1. The summed E-state index contributed by atoms with van der Waals surface area (Å²) in [5.74, 6) is 0.767. The van der Waals surface area contributed by atoms with Gasteiger partial charge in [0, 0.05) is 22.2 Å². The Morgan fingerprint density at radius 3 is 2.76 bits per heavy atom. The lowest BCUT2D eigenvalue weighted by molar-refractivity contribution is 0.568. The monoisotopic (exact) mass is 298 g/mol. The maximum atomic E-state index is 12.1. The number of hydrogen-bond acceptors (Lipinski definition) is 3. The van der Waals surface area contributed by atoms with E-state index < -0.39 is 0 Å². The molecule has 0 aliphatic heterocycles. The van der Waals surface area contributed by atoms with E-state index in [4.69, 9.17) is 0 Å². The number of benzene rings is 1. The number of nitrogens with one attached hydrogen (secondary N) is 2. The zero-order valence-electron chi connectivity index (χ0n) is 12.1. The summed E-state index contributed by atoms with van der Waals surface area (Å²) in [4.78, 5) is 16.3. The minimum atomic E-state index is -0.0514. The van der Waals surface area contributed by atoms with Crippen molar-refractivity contribution in [3.8, 4) is 0 Å². The molecule has 0 saturated heterocycles. The Morgan fingerprint density at radius 1 is 1.19 bits per heavy atom. The van der Waals surface area contributed by atoms with Crippen LogP contribution in [0, 0.1) is 0 Å². The second kappa shape index (κ2) is 5.37. The summed E-state index contributed by atoms with van der Waals surface area (Å²) in [6.45, 7) is 5.16. The van der Waals surface area contributed by atoms with E-state index in [-0.39, 0.29) is 11.0 Å². The quantitative estimate of drug-likeness (QED) is 0.765. The summed E-state index contributed by atoms with van der Waals surface area (Å²) in [5.41, 5.74) is -0.0269. The molecule has 0 saturated carbocycles. The molecular formula is C17H18N2OS. The Balaban J connectivity index is 1.84. The molecule has 0 amide bonds. The number of thiophene rings is 1. The van der Waals surface area contributed by atoms with Crippen molar-refractivity contribution in [2.75, 3.05) is 11.9 Å². The average Bonchev–Trinajstić information content (AvgIpc) is 3.00. The summed E-state index contributed by atoms with van der Waals surface area (Å²) in [6, 6.07) is 13.8. The highest BCUT2D eigenvalue weighted by atomic mass is 32.1. The third kappa shape index (κ3) is 2.85. The molecule has 0 aliphatic carbocycles. The van der Waals surface area contributed by atoms with Crippen molar-refractivity contribution < 1.29 is 0 Å². The molecule has 0 unspecified atom stereocenters. The van der Waals surface area contributed by atoms with Crippen molar-refractivity contribution >= 4 is 27.9 Å². The Morgan fingerprint density at radius 2 is 2.00 bits per heavy atom. The van der Waals surface area contributed by atoms with E-state index >= 15 is 0 Å². The molecule has 21 heavy (non-hydrogen) atoms. The highest BCUT2D eigenvalue weighted by Crippen LogP contribution is 2.27. The van der Waals surface area contributed by atoms with Crippen LogP contribution in [0.5, 0.6) is 0 Å². The van der Waals surface area contributed by atoms with Crippen molar-refractivity contribution in [3.05, 3.63) is 63.1 Å². The molecule has 0 fully saturated rings. The first-order valence-electron chi connectivity index (χ1n) is 6.96. The first kappa shape index (κ1) is 13.9. The van der Waals surface area contributed by atoms with Gasteiger partial charge in [0.15, 0.2) is 0 Å². The minimum absolute atomic E-state index is 0.0245. The van der Waals surface area contributed by atoms with Gasteiger partial charge in [-0.1, -0.05) is 38.1 Å². The summed E-state index contributed by atoms with van der Waals surface area (Å²) in [5, 5.41) is 7.13. The van der Waals surface area contributed by atoms with Gasteiger partial charge < -0.3 is 10.3 Å². The van der Waals surface area contributed by atoms with Crippen molar-refractivity contribution in [2.24, 2.45) is 0 Å². The topological polar surface area (TPSA) is 44.9 Å². The molecule has 2 aromatic heterocycles. The second-order valence-corrected chi connectivity index (χ2v) is 6.76. The fourth-order valence-corrected chi connectivity index (χ4v) is 3.23. The molecule has 3 rings (SSSR count). The predicted molar refractivity (Wildman–Crippen MR) is 90.4 cm³/mol. The Labute approximate surface area is 127 Å². The number of pyridine rings is 1. The van der Waals surface area contributed by atoms with Crippen LogP contribution in [-0.2, 0) is 5.41 Å². The van der Waals surface area contributed by atoms with E-state index in [0.29, 0.717) is 0 Å². The summed E-state index contributed by atoms with van der Waals surface area (Å²) >= 11 is 1.76. The first-order chi connectivity index (χ1) is 10.1. The number of H-pyrrole nitrogens is 1. The molecule has 4 heteroatoms. The number of aromatic amines is 1. The van der Waals surface area contributed by atoms with Gasteiger partial charge in [-0.25, -0.2) is 0 Å². The Bertz CT molecular complexity index is 803. The third-order valence-electron chi connectivity index (χ3n) is 3.66. The van der Waals surface area contributed by atoms with Crippen LogP contribution in [0.3, 0.4) is 0 Å². The van der Waals surface area contributed by atoms with Gasteiger partial charge in [0.1, 0.15) is 5.82 Å². The minimum Gasteiger partial charge on any atom is -0.371 e. The molecule has 0 bridgehead atoms. The zero-order chi connectivity index (χ0) is 14.9. The van der Waals surface area contributed by atoms with Crippen LogP contribution in [-0.4, -0.2) is 11.5 Å². The molecule has 3 aromatic rings. The van der Waals surface area contributed by atoms with Crippen LogP contribution in [0.15, 0.2) is 52.6 Å². The summed E-state index contributed by atoms with van der Waals surface area (Å²) in [7, 11) is 0. The molecular weight excluding hydrogens is 280 g/mol. The van der Waals surface area contributed by atoms with Crippen molar-refractivity contribution in [3.63, 3.8) is 0 Å². The average molecular weight is 298 g/mol. The molecule has 0 radical (unpaired) electrons. The van der Waals surface area contributed by atoms with Gasteiger partial charge in [0.05, 0.1) is 0 Å². The fraction of sp³-hybridized carbons (Fsp3) is 0.235. The molecule has 0 spiro atoms. The maximum Gasteiger partial charge on any atom is 0.257 e. The van der Waals surface area contributed by atoms with E-state index in [2.05, 4.69) is 41.7 Å². The molecule has 108 valence electrons. The summed E-state index contributed by atoms with van der Waals surface area (Å²) in [6.07, 6.45) is 0. The lowest BCUT2D eigenvalue weighted by Gasteiger charge is -2.24. The Hall–Kier alpha value is -2.07. The van der Waals surface area contributed by atoms with E-state index in [1.54, 1.807) is 11.3 Å². The van der Waals surface area contributed by atoms with Crippen molar-refractivity contribution in [1.29, 1.82) is 0 Å². The second-order valence-electron chi connectivity index (χ2n) is 5.81. The van der Waals surface area contributed by atoms with Gasteiger partial charge >= 0.3 is 0 Å². The number of anilines is 1. The van der Waals surface area contributed by atoms with E-state index in [9.17, 15) is 4.79 Å². The zero-order valence-corrected chi connectivity index (χ0v) is 13.0. The predicted octanol–water partition coefficient (Wildman–Crippen LogP) is 3.98. The highest BCUT2D eigenvalue weighted by molar-refractivity contribution is 7.10. The SMILES string of the molecule is CC(C)(CNc1cc2ccccc2c(=O)[nH]1)c1cccs1. The van der Waals surface area contributed by atoms with Gasteiger partial charge in [0.2, 0.25) is 0 Å². The van der Waals surface area contributed by atoms with Crippen LogP contribution < -0.4 is 10.9 Å². The third-order valence-corrected chi connectivity index (χ3v) is 4.90. The standard InChI is InChI=1S/C17H18N2OS/c1-17(2,14-8-5-9-21-14)11-18-15-10-12-6-3-4-7-13(12)16(20)19-15/h3-10H,11H2,1-2H3,(H2,18,19,20). The highest BCUT2D eigenvalue weighted by Gasteiger charge is 2.21. The van der Waals surface area contributed by atoms with Crippen LogP contribution in [0.25, 0.3) is 10.8 Å². The lowest BCUT2D eigenvalue weighted by atomic mass is 9.91.